The third kappa shape index (κ3) is 5.87. The summed E-state index contributed by atoms with van der Waals surface area (Å²) in [5, 5.41) is 3.51. The molecular weight excluding hydrogens is 254 g/mol. The molecule has 0 spiro atoms. The Hall–Kier alpha value is -0.670. The van der Waals surface area contributed by atoms with Gasteiger partial charge >= 0.3 is 0 Å². The SMILES string of the molecule is CCCNC(CS(=O)Cc1ccccc1C)C(C)C. The molecule has 1 aromatic rings. The van der Waals surface area contributed by atoms with Gasteiger partial charge < -0.3 is 5.32 Å². The van der Waals surface area contributed by atoms with E-state index in [2.05, 4.69) is 45.1 Å². The van der Waals surface area contributed by atoms with Crippen molar-refractivity contribution in [2.45, 2.75) is 45.9 Å². The topological polar surface area (TPSA) is 29.1 Å². The second kappa shape index (κ2) is 8.49. The fourth-order valence-electron chi connectivity index (χ4n) is 2.02. The minimum atomic E-state index is -0.798. The highest BCUT2D eigenvalue weighted by molar-refractivity contribution is 7.84. The van der Waals surface area contributed by atoms with E-state index in [-0.39, 0.29) is 0 Å². The monoisotopic (exact) mass is 281 g/mol. The van der Waals surface area contributed by atoms with Gasteiger partial charge in [0, 0.05) is 28.3 Å². The van der Waals surface area contributed by atoms with Crippen LogP contribution in [0.5, 0.6) is 0 Å². The highest BCUT2D eigenvalue weighted by Gasteiger charge is 2.16. The smallest absolute Gasteiger partial charge is 0.0488 e. The summed E-state index contributed by atoms with van der Waals surface area (Å²) >= 11 is 0. The largest absolute Gasteiger partial charge is 0.313 e. The Morgan fingerprint density at radius 1 is 1.26 bits per heavy atom. The Labute approximate surface area is 120 Å². The lowest BCUT2D eigenvalue weighted by atomic mass is 10.1. The van der Waals surface area contributed by atoms with Crippen LogP contribution in [-0.2, 0) is 16.6 Å². The van der Waals surface area contributed by atoms with Gasteiger partial charge in [-0.1, -0.05) is 45.0 Å². The van der Waals surface area contributed by atoms with Crippen molar-refractivity contribution >= 4 is 10.8 Å². The van der Waals surface area contributed by atoms with Gasteiger partial charge in [0.05, 0.1) is 0 Å². The molecule has 1 rings (SSSR count). The molecule has 0 aliphatic carbocycles. The zero-order valence-corrected chi connectivity index (χ0v) is 13.4. The highest BCUT2D eigenvalue weighted by Crippen LogP contribution is 2.12. The fraction of sp³-hybridized carbons (Fsp3) is 0.625. The third-order valence-electron chi connectivity index (χ3n) is 3.40. The number of hydrogen-bond donors (Lipinski definition) is 1. The first-order valence-electron chi connectivity index (χ1n) is 7.17. The van der Waals surface area contributed by atoms with Crippen molar-refractivity contribution in [2.24, 2.45) is 5.92 Å². The Balaban J connectivity index is 2.55. The van der Waals surface area contributed by atoms with Crippen molar-refractivity contribution in [3.63, 3.8) is 0 Å². The minimum absolute atomic E-state index is 0.352. The molecule has 0 amide bonds. The molecule has 1 N–H and O–H groups in total. The second-order valence-corrected chi connectivity index (χ2v) is 6.98. The van der Waals surface area contributed by atoms with E-state index in [1.54, 1.807) is 0 Å². The third-order valence-corrected chi connectivity index (χ3v) is 4.77. The van der Waals surface area contributed by atoms with E-state index < -0.39 is 10.8 Å². The second-order valence-electron chi connectivity index (χ2n) is 5.48. The number of benzene rings is 1. The lowest BCUT2D eigenvalue weighted by Crippen LogP contribution is -2.39. The molecule has 2 nitrogen and oxygen atoms in total. The molecule has 0 saturated carbocycles. The number of rotatable bonds is 8. The van der Waals surface area contributed by atoms with Gasteiger partial charge in [-0.15, -0.1) is 0 Å². The normalized spacial score (nSPS) is 14.6. The van der Waals surface area contributed by atoms with Crippen molar-refractivity contribution in [2.75, 3.05) is 12.3 Å². The van der Waals surface area contributed by atoms with Gasteiger partial charge in [-0.3, -0.25) is 4.21 Å². The molecule has 2 atom stereocenters. The van der Waals surface area contributed by atoms with Crippen LogP contribution in [0.4, 0.5) is 0 Å². The summed E-state index contributed by atoms with van der Waals surface area (Å²) < 4.78 is 12.3. The first-order valence-corrected chi connectivity index (χ1v) is 8.66. The van der Waals surface area contributed by atoms with Crippen molar-refractivity contribution in [3.8, 4) is 0 Å². The molecule has 0 fully saturated rings. The van der Waals surface area contributed by atoms with Crippen LogP contribution in [0, 0.1) is 12.8 Å². The van der Waals surface area contributed by atoms with E-state index in [4.69, 9.17) is 0 Å². The summed E-state index contributed by atoms with van der Waals surface area (Å²) in [6, 6.07) is 8.57. The van der Waals surface area contributed by atoms with Crippen molar-refractivity contribution in [1.82, 2.24) is 5.32 Å². The number of nitrogens with one attached hydrogen (secondary N) is 1. The van der Waals surface area contributed by atoms with E-state index in [0.29, 0.717) is 17.7 Å². The molecule has 1 aromatic carbocycles. The maximum absolute atomic E-state index is 12.3. The lowest BCUT2D eigenvalue weighted by molar-refractivity contribution is 0.431. The molecule has 0 bridgehead atoms. The molecule has 108 valence electrons. The zero-order valence-electron chi connectivity index (χ0n) is 12.6. The standard InChI is InChI=1S/C16H27NOS/c1-5-10-17-16(13(2)3)12-19(18)11-15-9-7-6-8-14(15)4/h6-9,13,16-17H,5,10-12H2,1-4H3. The maximum Gasteiger partial charge on any atom is 0.0488 e. The highest BCUT2D eigenvalue weighted by atomic mass is 32.2. The summed E-state index contributed by atoms with van der Waals surface area (Å²) in [5.41, 5.74) is 2.44. The van der Waals surface area contributed by atoms with Gasteiger partial charge in [-0.25, -0.2) is 0 Å². The van der Waals surface area contributed by atoms with E-state index in [1.807, 2.05) is 12.1 Å². The molecule has 0 aromatic heterocycles. The average Bonchev–Trinajstić information content (AvgIpc) is 2.37. The van der Waals surface area contributed by atoms with E-state index in [9.17, 15) is 4.21 Å². The summed E-state index contributed by atoms with van der Waals surface area (Å²) in [7, 11) is -0.798. The van der Waals surface area contributed by atoms with Gasteiger partial charge in [0.2, 0.25) is 0 Å². The molecule has 0 heterocycles. The Bertz CT molecular complexity index is 403. The first kappa shape index (κ1) is 16.4. The maximum atomic E-state index is 12.3. The minimum Gasteiger partial charge on any atom is -0.313 e. The van der Waals surface area contributed by atoms with Crippen molar-refractivity contribution < 1.29 is 4.21 Å². The van der Waals surface area contributed by atoms with Crippen LogP contribution in [0.2, 0.25) is 0 Å². The van der Waals surface area contributed by atoms with Crippen molar-refractivity contribution in [1.29, 1.82) is 0 Å². The van der Waals surface area contributed by atoms with Crippen molar-refractivity contribution in [3.05, 3.63) is 35.4 Å². The summed E-state index contributed by atoms with van der Waals surface area (Å²) in [4.78, 5) is 0. The van der Waals surface area contributed by atoms with Crippen LogP contribution in [0.15, 0.2) is 24.3 Å². The summed E-state index contributed by atoms with van der Waals surface area (Å²) in [6.45, 7) is 9.64. The van der Waals surface area contributed by atoms with Gasteiger partial charge in [0.15, 0.2) is 0 Å². The molecule has 0 radical (unpaired) electrons. The summed E-state index contributed by atoms with van der Waals surface area (Å²) in [6.07, 6.45) is 1.12. The summed E-state index contributed by atoms with van der Waals surface area (Å²) in [5.74, 6) is 1.93. The van der Waals surface area contributed by atoms with Crippen LogP contribution in [0.1, 0.15) is 38.3 Å². The lowest BCUT2D eigenvalue weighted by Gasteiger charge is -2.22. The molecule has 0 aliphatic rings. The molecule has 0 aliphatic heterocycles. The van der Waals surface area contributed by atoms with Crippen LogP contribution in [0.3, 0.4) is 0 Å². The fourth-order valence-corrected chi connectivity index (χ4v) is 3.71. The van der Waals surface area contributed by atoms with Gasteiger partial charge in [0.25, 0.3) is 0 Å². The average molecular weight is 281 g/mol. The van der Waals surface area contributed by atoms with Crippen LogP contribution < -0.4 is 5.32 Å². The Morgan fingerprint density at radius 3 is 2.53 bits per heavy atom. The van der Waals surface area contributed by atoms with Gasteiger partial charge in [-0.05, 0) is 36.9 Å². The van der Waals surface area contributed by atoms with Gasteiger partial charge in [-0.2, -0.15) is 0 Å². The number of aryl methyl sites for hydroxylation is 1. The van der Waals surface area contributed by atoms with E-state index >= 15 is 0 Å². The Morgan fingerprint density at radius 2 is 1.95 bits per heavy atom. The van der Waals surface area contributed by atoms with Crippen LogP contribution in [-0.4, -0.2) is 22.5 Å². The molecule has 19 heavy (non-hydrogen) atoms. The first-order chi connectivity index (χ1) is 9.04. The van der Waals surface area contributed by atoms with E-state index in [1.165, 1.54) is 11.1 Å². The molecular formula is C16H27NOS. The van der Waals surface area contributed by atoms with E-state index in [0.717, 1.165) is 18.7 Å². The predicted octanol–water partition coefficient (Wildman–Crippen LogP) is 3.27. The van der Waals surface area contributed by atoms with Crippen LogP contribution >= 0.6 is 0 Å². The predicted molar refractivity (Wildman–Crippen MR) is 84.8 cm³/mol. The quantitative estimate of drug-likeness (QED) is 0.792. The Kier molecular flexibility index (Phi) is 7.32. The molecule has 0 saturated heterocycles. The zero-order chi connectivity index (χ0) is 14.3. The van der Waals surface area contributed by atoms with Crippen LogP contribution in [0.25, 0.3) is 0 Å². The molecule has 3 heteroatoms. The number of hydrogen-bond acceptors (Lipinski definition) is 2. The molecule has 2 unspecified atom stereocenters. The van der Waals surface area contributed by atoms with Gasteiger partial charge in [0.1, 0.15) is 0 Å².